The highest BCUT2D eigenvalue weighted by Crippen LogP contribution is 2.34. The molecule has 182 valence electrons. The van der Waals surface area contributed by atoms with Gasteiger partial charge in [0.15, 0.2) is 21.3 Å². The molecular weight excluding hydrogens is 472 g/mol. The van der Waals surface area contributed by atoms with Gasteiger partial charge in [0.1, 0.15) is 28.5 Å². The van der Waals surface area contributed by atoms with Crippen LogP contribution in [0.5, 0.6) is 11.5 Å². The molecule has 0 bridgehead atoms. The fraction of sp³-hybridized carbons (Fsp3) is 0.292. The molecule has 1 fully saturated rings. The normalized spacial score (nSPS) is 16.9. The number of nitrogens with zero attached hydrogens (tertiary/aromatic N) is 3. The lowest BCUT2D eigenvalue weighted by Gasteiger charge is -2.15. The van der Waals surface area contributed by atoms with Crippen LogP contribution in [0.25, 0.3) is 22.5 Å². The van der Waals surface area contributed by atoms with Crippen molar-refractivity contribution >= 4 is 32.5 Å². The lowest BCUT2D eigenvalue weighted by Crippen LogP contribution is -2.16. The van der Waals surface area contributed by atoms with Gasteiger partial charge in [-0.15, -0.1) is 0 Å². The number of fused-ring (bicyclic) bond motifs is 1. The van der Waals surface area contributed by atoms with Gasteiger partial charge in [-0.05, 0) is 43.7 Å². The minimum absolute atomic E-state index is 0.0280. The quantitative estimate of drug-likeness (QED) is 0.429. The summed E-state index contributed by atoms with van der Waals surface area (Å²) in [6.45, 7) is 1.80. The van der Waals surface area contributed by atoms with E-state index in [0.717, 1.165) is 0 Å². The first kappa shape index (κ1) is 22.9. The van der Waals surface area contributed by atoms with E-state index in [1.165, 1.54) is 20.5 Å². The van der Waals surface area contributed by atoms with Gasteiger partial charge < -0.3 is 23.8 Å². The number of methoxy groups -OCH3 is 2. The molecule has 1 N–H and O–H groups in total. The van der Waals surface area contributed by atoms with Crippen molar-refractivity contribution in [1.29, 1.82) is 0 Å². The summed E-state index contributed by atoms with van der Waals surface area (Å²) >= 11 is 0. The van der Waals surface area contributed by atoms with Crippen molar-refractivity contribution in [3.8, 4) is 23.0 Å². The molecule has 10 nitrogen and oxygen atoms in total. The SMILES string of the molecule is COc1ccc(OC)c(NC(=O)c2nc(-c3ccco3)cc3c2nc(C)n3C2CCS(=O)(=O)C2)c1. The molecule has 0 aliphatic carbocycles. The van der Waals surface area contributed by atoms with Gasteiger partial charge in [0.05, 0.1) is 49.2 Å². The van der Waals surface area contributed by atoms with Gasteiger partial charge in [-0.2, -0.15) is 0 Å². The number of hydrogen-bond acceptors (Lipinski definition) is 8. The van der Waals surface area contributed by atoms with Crippen molar-refractivity contribution in [2.75, 3.05) is 31.0 Å². The summed E-state index contributed by atoms with van der Waals surface area (Å²) in [5.74, 6) is 1.73. The molecule has 0 spiro atoms. The summed E-state index contributed by atoms with van der Waals surface area (Å²) in [7, 11) is -0.0917. The molecule has 1 saturated heterocycles. The number of aryl methyl sites for hydroxylation is 1. The van der Waals surface area contributed by atoms with Crippen molar-refractivity contribution in [2.24, 2.45) is 0 Å². The number of anilines is 1. The summed E-state index contributed by atoms with van der Waals surface area (Å²) in [6.07, 6.45) is 2.00. The van der Waals surface area contributed by atoms with Crippen LogP contribution < -0.4 is 14.8 Å². The van der Waals surface area contributed by atoms with Crippen LogP contribution in [0.2, 0.25) is 0 Å². The molecule has 35 heavy (non-hydrogen) atoms. The van der Waals surface area contributed by atoms with Crippen LogP contribution in [0.1, 0.15) is 28.8 Å². The fourth-order valence-electron chi connectivity index (χ4n) is 4.45. The highest BCUT2D eigenvalue weighted by Gasteiger charge is 2.32. The van der Waals surface area contributed by atoms with Crippen LogP contribution in [0.4, 0.5) is 5.69 Å². The molecule has 1 unspecified atom stereocenters. The Morgan fingerprint density at radius 1 is 1.17 bits per heavy atom. The second-order valence-electron chi connectivity index (χ2n) is 8.31. The van der Waals surface area contributed by atoms with E-state index in [2.05, 4.69) is 15.3 Å². The second-order valence-corrected chi connectivity index (χ2v) is 10.5. The van der Waals surface area contributed by atoms with Crippen molar-refractivity contribution in [1.82, 2.24) is 14.5 Å². The number of carbonyl (C=O) groups excluding carboxylic acids is 1. The number of aromatic nitrogens is 3. The topological polar surface area (TPSA) is 126 Å². The van der Waals surface area contributed by atoms with E-state index < -0.39 is 15.7 Å². The molecule has 5 rings (SSSR count). The van der Waals surface area contributed by atoms with E-state index in [9.17, 15) is 13.2 Å². The third-order valence-electron chi connectivity index (χ3n) is 6.07. The van der Waals surface area contributed by atoms with Crippen molar-refractivity contribution < 1.29 is 27.1 Å². The average Bonchev–Trinajstić information content (AvgIpc) is 3.56. The number of furan rings is 1. The maximum atomic E-state index is 13.5. The maximum absolute atomic E-state index is 13.5. The molecule has 11 heteroatoms. The molecule has 3 aromatic heterocycles. The Kier molecular flexibility index (Phi) is 5.72. The standard InChI is InChI=1S/C24H24N4O6S/c1-14-25-22-19(28(14)15-8-10-35(30,31)13-15)12-18(21-5-4-9-34-21)26-23(22)24(29)27-17-11-16(32-2)6-7-20(17)33-3/h4-7,9,11-12,15H,8,10,13H2,1-3H3,(H,27,29). The summed E-state index contributed by atoms with van der Waals surface area (Å²) < 4.78 is 42.4. The van der Waals surface area contributed by atoms with Crippen molar-refractivity contribution in [3.05, 3.63) is 54.2 Å². The molecule has 4 aromatic rings. The largest absolute Gasteiger partial charge is 0.497 e. The summed E-state index contributed by atoms with van der Waals surface area (Å²) in [4.78, 5) is 22.7. The number of carbonyl (C=O) groups is 1. The van der Waals surface area contributed by atoms with Gasteiger partial charge in [0.25, 0.3) is 5.91 Å². The zero-order valence-electron chi connectivity index (χ0n) is 19.4. The number of amides is 1. The molecular formula is C24H24N4O6S. The van der Waals surface area contributed by atoms with E-state index in [1.807, 2.05) is 4.57 Å². The Morgan fingerprint density at radius 2 is 2.00 bits per heavy atom. The molecule has 1 amide bonds. The Hall–Kier alpha value is -3.86. The molecule has 0 saturated carbocycles. The minimum atomic E-state index is -3.13. The summed E-state index contributed by atoms with van der Waals surface area (Å²) in [6, 6.07) is 10.0. The molecule has 4 heterocycles. The van der Waals surface area contributed by atoms with Gasteiger partial charge in [-0.25, -0.2) is 18.4 Å². The van der Waals surface area contributed by atoms with E-state index in [-0.39, 0.29) is 23.2 Å². The number of ether oxygens (including phenoxy) is 2. The second kappa shape index (κ2) is 8.73. The van der Waals surface area contributed by atoms with Crippen molar-refractivity contribution in [3.63, 3.8) is 0 Å². The number of hydrogen-bond donors (Lipinski definition) is 1. The minimum Gasteiger partial charge on any atom is -0.497 e. The summed E-state index contributed by atoms with van der Waals surface area (Å²) in [5.41, 5.74) is 1.93. The smallest absolute Gasteiger partial charge is 0.276 e. The number of sulfone groups is 1. The monoisotopic (exact) mass is 496 g/mol. The Balaban J connectivity index is 1.65. The first-order valence-corrected chi connectivity index (χ1v) is 12.8. The first-order valence-electron chi connectivity index (χ1n) is 11.0. The first-order chi connectivity index (χ1) is 16.8. The highest BCUT2D eigenvalue weighted by atomic mass is 32.2. The Morgan fingerprint density at radius 3 is 2.66 bits per heavy atom. The van der Waals surface area contributed by atoms with Gasteiger partial charge in [0.2, 0.25) is 0 Å². The van der Waals surface area contributed by atoms with Crippen LogP contribution in [0, 0.1) is 6.92 Å². The molecule has 1 aliphatic rings. The molecule has 1 atom stereocenters. The highest BCUT2D eigenvalue weighted by molar-refractivity contribution is 7.91. The number of imidazole rings is 1. The van der Waals surface area contributed by atoms with Crippen LogP contribution >= 0.6 is 0 Å². The van der Waals surface area contributed by atoms with Crippen LogP contribution in [-0.2, 0) is 9.84 Å². The van der Waals surface area contributed by atoms with Crippen LogP contribution in [0.15, 0.2) is 47.1 Å². The lowest BCUT2D eigenvalue weighted by atomic mass is 10.2. The zero-order valence-corrected chi connectivity index (χ0v) is 20.3. The van der Waals surface area contributed by atoms with E-state index in [1.54, 1.807) is 43.3 Å². The van der Waals surface area contributed by atoms with Gasteiger partial charge in [-0.1, -0.05) is 0 Å². The number of benzene rings is 1. The van der Waals surface area contributed by atoms with Crippen LogP contribution in [-0.4, -0.2) is 54.6 Å². The molecule has 0 radical (unpaired) electrons. The number of nitrogens with one attached hydrogen (secondary N) is 1. The number of rotatable bonds is 6. The third-order valence-corrected chi connectivity index (χ3v) is 7.82. The van der Waals surface area contributed by atoms with Gasteiger partial charge >= 0.3 is 0 Å². The summed E-state index contributed by atoms with van der Waals surface area (Å²) in [5, 5.41) is 2.85. The Labute approximate surface area is 201 Å². The van der Waals surface area contributed by atoms with Gasteiger partial charge in [0, 0.05) is 6.07 Å². The van der Waals surface area contributed by atoms with E-state index in [4.69, 9.17) is 13.9 Å². The predicted octanol–water partition coefficient (Wildman–Crippen LogP) is 3.63. The zero-order chi connectivity index (χ0) is 24.7. The van der Waals surface area contributed by atoms with Crippen molar-refractivity contribution in [2.45, 2.75) is 19.4 Å². The number of pyridine rings is 1. The third kappa shape index (κ3) is 4.23. The molecule has 1 aromatic carbocycles. The van der Waals surface area contributed by atoms with E-state index >= 15 is 0 Å². The van der Waals surface area contributed by atoms with E-state index in [0.29, 0.717) is 51.9 Å². The van der Waals surface area contributed by atoms with Crippen LogP contribution in [0.3, 0.4) is 0 Å². The van der Waals surface area contributed by atoms with Gasteiger partial charge in [-0.3, -0.25) is 4.79 Å². The Bertz CT molecular complexity index is 1530. The average molecular weight is 497 g/mol. The molecule has 1 aliphatic heterocycles. The predicted molar refractivity (Wildman–Crippen MR) is 130 cm³/mol. The lowest BCUT2D eigenvalue weighted by molar-refractivity contribution is 0.102. The fourth-order valence-corrected chi connectivity index (χ4v) is 6.15. The maximum Gasteiger partial charge on any atom is 0.276 e.